The smallest absolute Gasteiger partial charge is 0.269 e. The summed E-state index contributed by atoms with van der Waals surface area (Å²) in [5.74, 6) is -0.595. The summed E-state index contributed by atoms with van der Waals surface area (Å²) in [7, 11) is 0. The Morgan fingerprint density at radius 2 is 2.55 bits per heavy atom. The van der Waals surface area contributed by atoms with Crippen LogP contribution >= 0.6 is 0 Å². The number of nitrogens with two attached hydrogens (primary N) is 1. The van der Waals surface area contributed by atoms with Gasteiger partial charge in [-0.1, -0.05) is 0 Å². The molecule has 0 atom stereocenters. The lowest BCUT2D eigenvalue weighted by atomic mass is 10.4. The lowest BCUT2D eigenvalue weighted by Crippen LogP contribution is -2.12. The van der Waals surface area contributed by atoms with Crippen molar-refractivity contribution in [1.29, 1.82) is 0 Å². The zero-order chi connectivity index (χ0) is 8.27. The SMILES string of the molecule is NC(=O)c1ccn(CCF)n1. The second-order valence-electron chi connectivity index (χ2n) is 2.02. The van der Waals surface area contributed by atoms with Crippen molar-refractivity contribution in [2.75, 3.05) is 6.67 Å². The Morgan fingerprint density at radius 1 is 1.82 bits per heavy atom. The van der Waals surface area contributed by atoms with Crippen LogP contribution in [-0.4, -0.2) is 22.4 Å². The average molecular weight is 157 g/mol. The second-order valence-corrected chi connectivity index (χ2v) is 2.02. The number of hydrogen-bond donors (Lipinski definition) is 1. The maximum Gasteiger partial charge on any atom is 0.269 e. The van der Waals surface area contributed by atoms with Crippen LogP contribution in [0.25, 0.3) is 0 Å². The maximum atomic E-state index is 11.7. The molecule has 0 radical (unpaired) electrons. The number of carbonyl (C=O) groups excluding carboxylic acids is 1. The Bertz CT molecular complexity index is 258. The molecule has 0 bridgehead atoms. The van der Waals surface area contributed by atoms with Crippen molar-refractivity contribution in [3.63, 3.8) is 0 Å². The van der Waals surface area contributed by atoms with E-state index in [0.717, 1.165) is 0 Å². The van der Waals surface area contributed by atoms with E-state index in [1.54, 1.807) is 0 Å². The topological polar surface area (TPSA) is 60.9 Å². The monoisotopic (exact) mass is 157 g/mol. The first-order chi connectivity index (χ1) is 5.24. The first-order valence-electron chi connectivity index (χ1n) is 3.13. The maximum absolute atomic E-state index is 11.7. The van der Waals surface area contributed by atoms with Gasteiger partial charge < -0.3 is 5.73 Å². The number of nitrogens with zero attached hydrogens (tertiary/aromatic N) is 2. The van der Waals surface area contributed by atoms with Crippen LogP contribution in [0.1, 0.15) is 10.5 Å². The van der Waals surface area contributed by atoms with E-state index >= 15 is 0 Å². The molecule has 0 aromatic carbocycles. The van der Waals surface area contributed by atoms with Crippen molar-refractivity contribution in [2.45, 2.75) is 6.54 Å². The Morgan fingerprint density at radius 3 is 3.00 bits per heavy atom. The van der Waals surface area contributed by atoms with E-state index in [0.29, 0.717) is 0 Å². The van der Waals surface area contributed by atoms with E-state index in [9.17, 15) is 9.18 Å². The third-order valence-corrected chi connectivity index (χ3v) is 1.21. The molecule has 0 saturated heterocycles. The van der Waals surface area contributed by atoms with Crippen molar-refractivity contribution in [3.05, 3.63) is 18.0 Å². The first-order valence-corrected chi connectivity index (χ1v) is 3.13. The molecule has 1 aromatic rings. The van der Waals surface area contributed by atoms with E-state index in [2.05, 4.69) is 5.10 Å². The molecule has 5 heteroatoms. The van der Waals surface area contributed by atoms with Crippen LogP contribution in [0.15, 0.2) is 12.3 Å². The van der Waals surface area contributed by atoms with Crippen molar-refractivity contribution < 1.29 is 9.18 Å². The third kappa shape index (κ3) is 1.76. The quantitative estimate of drug-likeness (QED) is 0.668. The molecular weight excluding hydrogens is 149 g/mol. The van der Waals surface area contributed by atoms with Gasteiger partial charge in [-0.3, -0.25) is 9.48 Å². The Hall–Kier alpha value is -1.39. The summed E-state index contributed by atoms with van der Waals surface area (Å²) in [5.41, 5.74) is 5.08. The van der Waals surface area contributed by atoms with E-state index in [4.69, 9.17) is 5.73 Å². The standard InChI is InChI=1S/C6H8FN3O/c7-2-4-10-3-1-5(9-10)6(8)11/h1,3H,2,4H2,(H2,8,11). The normalized spacial score (nSPS) is 9.91. The zero-order valence-electron chi connectivity index (χ0n) is 5.83. The van der Waals surface area contributed by atoms with Crippen LogP contribution in [0.2, 0.25) is 0 Å². The summed E-state index contributed by atoms with van der Waals surface area (Å²) in [6.07, 6.45) is 1.51. The zero-order valence-corrected chi connectivity index (χ0v) is 5.83. The predicted molar refractivity (Wildman–Crippen MR) is 36.7 cm³/mol. The molecule has 0 spiro atoms. The fraction of sp³-hybridized carbons (Fsp3) is 0.333. The molecule has 11 heavy (non-hydrogen) atoms. The molecule has 4 nitrogen and oxygen atoms in total. The number of aromatic nitrogens is 2. The third-order valence-electron chi connectivity index (χ3n) is 1.21. The fourth-order valence-electron chi connectivity index (χ4n) is 0.704. The highest BCUT2D eigenvalue weighted by Gasteiger charge is 2.03. The van der Waals surface area contributed by atoms with Crippen LogP contribution in [0.4, 0.5) is 4.39 Å². The second kappa shape index (κ2) is 3.14. The molecule has 1 heterocycles. The molecule has 0 unspecified atom stereocenters. The van der Waals surface area contributed by atoms with Crippen LogP contribution < -0.4 is 5.73 Å². The highest BCUT2D eigenvalue weighted by molar-refractivity contribution is 5.90. The van der Waals surface area contributed by atoms with Gasteiger partial charge in [-0.25, -0.2) is 4.39 Å². The first kappa shape index (κ1) is 7.71. The number of primary amides is 1. The lowest BCUT2D eigenvalue weighted by molar-refractivity contribution is 0.0994. The summed E-state index contributed by atoms with van der Waals surface area (Å²) in [6, 6.07) is 1.46. The predicted octanol–water partition coefficient (Wildman–Crippen LogP) is -0.0485. The van der Waals surface area contributed by atoms with Gasteiger partial charge in [0, 0.05) is 6.20 Å². The number of aryl methyl sites for hydroxylation is 1. The van der Waals surface area contributed by atoms with Crippen molar-refractivity contribution in [3.8, 4) is 0 Å². The van der Waals surface area contributed by atoms with Gasteiger partial charge in [0.15, 0.2) is 0 Å². The molecule has 0 aliphatic rings. The van der Waals surface area contributed by atoms with E-state index in [-0.39, 0.29) is 12.2 Å². The molecule has 1 amide bonds. The largest absolute Gasteiger partial charge is 0.364 e. The number of alkyl halides is 1. The number of amides is 1. The fourth-order valence-corrected chi connectivity index (χ4v) is 0.704. The molecule has 1 aromatic heterocycles. The minimum Gasteiger partial charge on any atom is -0.364 e. The van der Waals surface area contributed by atoms with Gasteiger partial charge in [-0.2, -0.15) is 5.10 Å². The highest BCUT2D eigenvalue weighted by atomic mass is 19.1. The summed E-state index contributed by atoms with van der Waals surface area (Å²) in [5, 5.41) is 3.70. The summed E-state index contributed by atoms with van der Waals surface area (Å²) >= 11 is 0. The summed E-state index contributed by atoms with van der Waals surface area (Å²) < 4.78 is 13.0. The van der Waals surface area contributed by atoms with Gasteiger partial charge >= 0.3 is 0 Å². The summed E-state index contributed by atoms with van der Waals surface area (Å²) in [6.45, 7) is -0.340. The van der Waals surface area contributed by atoms with Crippen molar-refractivity contribution in [2.24, 2.45) is 5.73 Å². The van der Waals surface area contributed by atoms with Crippen LogP contribution in [0.5, 0.6) is 0 Å². The minimum atomic E-state index is -0.595. The molecular formula is C6H8FN3O. The van der Waals surface area contributed by atoms with E-state index in [1.165, 1.54) is 16.9 Å². The van der Waals surface area contributed by atoms with E-state index in [1.807, 2.05) is 0 Å². The van der Waals surface area contributed by atoms with Gasteiger partial charge in [0.25, 0.3) is 5.91 Å². The Balaban J connectivity index is 2.73. The highest BCUT2D eigenvalue weighted by Crippen LogP contribution is 1.93. The molecule has 0 fully saturated rings. The van der Waals surface area contributed by atoms with Gasteiger partial charge in [-0.05, 0) is 6.07 Å². The minimum absolute atomic E-state index is 0.160. The number of rotatable bonds is 3. The average Bonchev–Trinajstić information content (AvgIpc) is 2.37. The molecule has 2 N–H and O–H groups in total. The van der Waals surface area contributed by atoms with Crippen molar-refractivity contribution >= 4 is 5.91 Å². The van der Waals surface area contributed by atoms with Crippen LogP contribution in [0, 0.1) is 0 Å². The number of halogens is 1. The molecule has 0 aliphatic heterocycles. The van der Waals surface area contributed by atoms with Gasteiger partial charge in [0.05, 0.1) is 6.54 Å². The van der Waals surface area contributed by atoms with Gasteiger partial charge in [-0.15, -0.1) is 0 Å². The molecule has 0 saturated carbocycles. The Kier molecular flexibility index (Phi) is 2.20. The summed E-state index contributed by atoms with van der Waals surface area (Å²) in [4.78, 5) is 10.5. The van der Waals surface area contributed by atoms with Crippen LogP contribution in [-0.2, 0) is 6.54 Å². The van der Waals surface area contributed by atoms with Gasteiger partial charge in [0.2, 0.25) is 0 Å². The number of carbonyl (C=O) groups is 1. The van der Waals surface area contributed by atoms with Gasteiger partial charge in [0.1, 0.15) is 12.4 Å². The van der Waals surface area contributed by atoms with Crippen molar-refractivity contribution in [1.82, 2.24) is 9.78 Å². The van der Waals surface area contributed by atoms with Crippen LogP contribution in [0.3, 0.4) is 0 Å². The molecule has 0 aliphatic carbocycles. The molecule has 60 valence electrons. The Labute approximate surface area is 62.8 Å². The van der Waals surface area contributed by atoms with E-state index < -0.39 is 12.6 Å². The lowest BCUT2D eigenvalue weighted by Gasteiger charge is -1.92. The molecule has 1 rings (SSSR count). The number of hydrogen-bond acceptors (Lipinski definition) is 2.